The average Bonchev–Trinajstić information content (AvgIpc) is 3.04. The number of hydrogen-bond donors (Lipinski definition) is 0. The van der Waals surface area contributed by atoms with Gasteiger partial charge in [-0.05, 0) is 36.8 Å². The summed E-state index contributed by atoms with van der Waals surface area (Å²) in [6, 6.07) is 14.4. The Hall–Kier alpha value is -2.82. The second-order valence-electron chi connectivity index (χ2n) is 5.92. The minimum absolute atomic E-state index is 0.237. The second-order valence-corrected chi connectivity index (χ2v) is 5.92. The zero-order valence-electron chi connectivity index (χ0n) is 14.5. The molecule has 0 aliphatic rings. The van der Waals surface area contributed by atoms with Crippen LogP contribution in [0.25, 0.3) is 0 Å². The van der Waals surface area contributed by atoms with Crippen molar-refractivity contribution >= 4 is 5.69 Å². The van der Waals surface area contributed by atoms with Gasteiger partial charge < -0.3 is 14.2 Å². The highest BCUT2D eigenvalue weighted by atomic mass is 19.1. The molecule has 25 heavy (non-hydrogen) atoms. The lowest BCUT2D eigenvalue weighted by Gasteiger charge is -2.23. The lowest BCUT2D eigenvalue weighted by atomic mass is 10.2. The van der Waals surface area contributed by atoms with E-state index < -0.39 is 0 Å². The fraction of sp³-hybridized carbons (Fsp3) is 0.250. The Kier molecular flexibility index (Phi) is 5.33. The summed E-state index contributed by atoms with van der Waals surface area (Å²) in [5.41, 5.74) is 3.19. The van der Waals surface area contributed by atoms with Crippen LogP contribution in [0.2, 0.25) is 0 Å². The van der Waals surface area contributed by atoms with Gasteiger partial charge in [-0.1, -0.05) is 18.2 Å². The molecule has 0 saturated heterocycles. The van der Waals surface area contributed by atoms with Crippen LogP contribution in [0.15, 0.2) is 61.1 Å². The molecule has 0 radical (unpaired) electrons. The molecule has 0 spiro atoms. The summed E-state index contributed by atoms with van der Waals surface area (Å²) < 4.78 is 20.8. The van der Waals surface area contributed by atoms with Gasteiger partial charge in [0.2, 0.25) is 0 Å². The zero-order chi connectivity index (χ0) is 17.6. The van der Waals surface area contributed by atoms with Gasteiger partial charge >= 0.3 is 0 Å². The van der Waals surface area contributed by atoms with E-state index in [1.54, 1.807) is 12.1 Å². The number of aryl methyl sites for hydroxylation is 1. The molecule has 4 nitrogen and oxygen atoms in total. The molecule has 0 amide bonds. The Morgan fingerprint density at radius 1 is 1.16 bits per heavy atom. The first-order valence-electron chi connectivity index (χ1n) is 8.33. The molecule has 0 saturated carbocycles. The van der Waals surface area contributed by atoms with Gasteiger partial charge in [-0.25, -0.2) is 9.37 Å². The summed E-state index contributed by atoms with van der Waals surface area (Å²) in [5, 5.41) is 0. The van der Waals surface area contributed by atoms with Gasteiger partial charge in [0, 0.05) is 31.5 Å². The number of benzene rings is 2. The summed E-state index contributed by atoms with van der Waals surface area (Å²) >= 11 is 0. The van der Waals surface area contributed by atoms with Gasteiger partial charge in [-0.15, -0.1) is 0 Å². The first-order valence-corrected chi connectivity index (χ1v) is 8.33. The molecule has 130 valence electrons. The van der Waals surface area contributed by atoms with E-state index in [-0.39, 0.29) is 5.82 Å². The van der Waals surface area contributed by atoms with Crippen LogP contribution >= 0.6 is 0 Å². The largest absolute Gasteiger partial charge is 0.489 e. The van der Waals surface area contributed by atoms with Crippen molar-refractivity contribution in [3.63, 3.8) is 0 Å². The molecular formula is C20H22FN3O. The normalized spacial score (nSPS) is 10.7. The summed E-state index contributed by atoms with van der Waals surface area (Å²) in [4.78, 5) is 6.44. The van der Waals surface area contributed by atoms with Gasteiger partial charge in [0.25, 0.3) is 0 Å². The van der Waals surface area contributed by atoms with Gasteiger partial charge in [0.15, 0.2) is 0 Å². The van der Waals surface area contributed by atoms with Gasteiger partial charge in [0.1, 0.15) is 18.2 Å². The third-order valence-electron chi connectivity index (χ3n) is 4.15. The van der Waals surface area contributed by atoms with E-state index in [1.165, 1.54) is 12.1 Å². The van der Waals surface area contributed by atoms with Crippen LogP contribution in [0.3, 0.4) is 0 Å². The molecule has 1 heterocycles. The standard InChI is InChI=1S/C20H22FN3O/c1-3-24(13-19-12-22-15-23(19)2)18-5-4-6-20(11-18)25-14-16-7-9-17(21)10-8-16/h4-12,15H,3,13-14H2,1-2H3. The quantitative estimate of drug-likeness (QED) is 0.647. The molecule has 0 atom stereocenters. The maximum Gasteiger partial charge on any atom is 0.123 e. The maximum absolute atomic E-state index is 13.0. The van der Waals surface area contributed by atoms with Crippen molar-refractivity contribution < 1.29 is 9.13 Å². The van der Waals surface area contributed by atoms with Crippen molar-refractivity contribution in [1.29, 1.82) is 0 Å². The molecule has 0 N–H and O–H groups in total. The molecule has 2 aromatic carbocycles. The maximum atomic E-state index is 13.0. The number of nitrogens with zero attached hydrogens (tertiary/aromatic N) is 3. The first kappa shape index (κ1) is 17.0. The third kappa shape index (κ3) is 4.38. The monoisotopic (exact) mass is 339 g/mol. The number of anilines is 1. The summed E-state index contributed by atoms with van der Waals surface area (Å²) in [5.74, 6) is 0.560. The Morgan fingerprint density at radius 3 is 2.64 bits per heavy atom. The van der Waals surface area contributed by atoms with E-state index >= 15 is 0 Å². The summed E-state index contributed by atoms with van der Waals surface area (Å²) in [6.45, 7) is 4.21. The number of halogens is 1. The lowest BCUT2D eigenvalue weighted by molar-refractivity contribution is 0.306. The first-order chi connectivity index (χ1) is 12.2. The molecule has 3 rings (SSSR count). The molecule has 5 heteroatoms. The minimum Gasteiger partial charge on any atom is -0.489 e. The fourth-order valence-electron chi connectivity index (χ4n) is 2.64. The fourth-order valence-corrected chi connectivity index (χ4v) is 2.64. The van der Waals surface area contributed by atoms with Crippen molar-refractivity contribution in [2.24, 2.45) is 7.05 Å². The topological polar surface area (TPSA) is 30.3 Å². The summed E-state index contributed by atoms with van der Waals surface area (Å²) in [7, 11) is 2.00. The van der Waals surface area contributed by atoms with E-state index in [9.17, 15) is 4.39 Å². The van der Waals surface area contributed by atoms with Crippen LogP contribution < -0.4 is 9.64 Å². The molecule has 1 aromatic heterocycles. The Balaban J connectivity index is 1.69. The number of rotatable bonds is 7. The number of hydrogen-bond acceptors (Lipinski definition) is 3. The van der Waals surface area contributed by atoms with Crippen molar-refractivity contribution in [2.75, 3.05) is 11.4 Å². The van der Waals surface area contributed by atoms with Crippen LogP contribution in [0, 0.1) is 5.82 Å². The van der Waals surface area contributed by atoms with E-state index in [0.717, 1.165) is 35.8 Å². The lowest BCUT2D eigenvalue weighted by Crippen LogP contribution is -2.23. The number of ether oxygens (including phenoxy) is 1. The van der Waals surface area contributed by atoms with Gasteiger partial charge in [-0.3, -0.25) is 0 Å². The van der Waals surface area contributed by atoms with Gasteiger partial charge in [0.05, 0.1) is 18.6 Å². The molecular weight excluding hydrogens is 317 g/mol. The van der Waals surface area contributed by atoms with E-state index in [0.29, 0.717) is 6.61 Å². The Morgan fingerprint density at radius 2 is 1.96 bits per heavy atom. The molecule has 0 fully saturated rings. The van der Waals surface area contributed by atoms with Crippen LogP contribution in [0.4, 0.5) is 10.1 Å². The smallest absolute Gasteiger partial charge is 0.123 e. The highest BCUT2D eigenvalue weighted by Crippen LogP contribution is 2.23. The van der Waals surface area contributed by atoms with Crippen molar-refractivity contribution in [1.82, 2.24) is 9.55 Å². The summed E-state index contributed by atoms with van der Waals surface area (Å²) in [6.07, 6.45) is 3.70. The molecule has 0 aliphatic carbocycles. The Bertz CT molecular complexity index is 814. The number of aromatic nitrogens is 2. The van der Waals surface area contributed by atoms with Crippen LogP contribution in [0.1, 0.15) is 18.2 Å². The molecule has 0 bridgehead atoms. The zero-order valence-corrected chi connectivity index (χ0v) is 14.5. The van der Waals surface area contributed by atoms with Crippen molar-refractivity contribution in [3.05, 3.63) is 78.1 Å². The average molecular weight is 339 g/mol. The van der Waals surface area contributed by atoms with Gasteiger partial charge in [-0.2, -0.15) is 0 Å². The molecule has 3 aromatic rings. The third-order valence-corrected chi connectivity index (χ3v) is 4.15. The highest BCUT2D eigenvalue weighted by Gasteiger charge is 2.09. The molecule has 0 unspecified atom stereocenters. The van der Waals surface area contributed by atoms with Crippen LogP contribution in [-0.2, 0) is 20.2 Å². The predicted molar refractivity (Wildman–Crippen MR) is 97.1 cm³/mol. The second kappa shape index (κ2) is 7.83. The van der Waals surface area contributed by atoms with E-state index in [2.05, 4.69) is 22.9 Å². The Labute approximate surface area is 147 Å². The van der Waals surface area contributed by atoms with E-state index in [1.807, 2.05) is 42.3 Å². The highest BCUT2D eigenvalue weighted by molar-refractivity contribution is 5.50. The minimum atomic E-state index is -0.237. The van der Waals surface area contributed by atoms with E-state index in [4.69, 9.17) is 4.74 Å². The van der Waals surface area contributed by atoms with Crippen molar-refractivity contribution in [2.45, 2.75) is 20.1 Å². The van der Waals surface area contributed by atoms with Crippen LogP contribution in [0.5, 0.6) is 5.75 Å². The predicted octanol–water partition coefficient (Wildman–Crippen LogP) is 4.16. The SMILES string of the molecule is CCN(Cc1cncn1C)c1cccc(OCc2ccc(F)cc2)c1. The molecule has 0 aliphatic heterocycles. The van der Waals surface area contributed by atoms with Crippen LogP contribution in [-0.4, -0.2) is 16.1 Å². The number of imidazole rings is 1. The van der Waals surface area contributed by atoms with Crippen molar-refractivity contribution in [3.8, 4) is 5.75 Å².